The highest BCUT2D eigenvalue weighted by molar-refractivity contribution is 9.10. The maximum absolute atomic E-state index is 5.42. The molecule has 1 aliphatic heterocycles. The molecule has 0 saturated heterocycles. The minimum absolute atomic E-state index is 0.316. The van der Waals surface area contributed by atoms with Crippen molar-refractivity contribution in [3.8, 4) is 11.5 Å². The highest BCUT2D eigenvalue weighted by Gasteiger charge is 2.16. The van der Waals surface area contributed by atoms with Gasteiger partial charge in [-0.2, -0.15) is 0 Å². The monoisotopic (exact) mass is 356 g/mol. The van der Waals surface area contributed by atoms with Crippen LogP contribution in [0.25, 0.3) is 0 Å². The van der Waals surface area contributed by atoms with E-state index in [1.807, 2.05) is 12.1 Å². The summed E-state index contributed by atoms with van der Waals surface area (Å²) in [6.45, 7) is 12.1. The molecule has 1 N–H and O–H groups in total. The van der Waals surface area contributed by atoms with Gasteiger partial charge < -0.3 is 14.8 Å². The molecule has 0 fully saturated rings. The Morgan fingerprint density at radius 1 is 1.14 bits per heavy atom. The molecule has 0 radical (unpaired) electrons. The summed E-state index contributed by atoms with van der Waals surface area (Å²) in [6.07, 6.45) is 0. The molecule has 0 bridgehead atoms. The number of nitrogens with zero attached hydrogens (tertiary/aromatic N) is 1. The summed E-state index contributed by atoms with van der Waals surface area (Å²) in [4.78, 5) is 2.49. The van der Waals surface area contributed by atoms with Gasteiger partial charge >= 0.3 is 0 Å². The lowest BCUT2D eigenvalue weighted by atomic mass is 10.2. The van der Waals surface area contributed by atoms with E-state index in [0.29, 0.717) is 18.9 Å². The molecule has 0 atom stereocenters. The summed E-state index contributed by atoms with van der Waals surface area (Å²) in [6, 6.07) is 5.17. The van der Waals surface area contributed by atoms with Crippen molar-refractivity contribution in [2.75, 3.05) is 19.9 Å². The van der Waals surface area contributed by atoms with E-state index in [1.54, 1.807) is 0 Å². The number of fused-ring (bicyclic) bond motifs is 1. The molecule has 1 heterocycles. The van der Waals surface area contributed by atoms with E-state index in [-0.39, 0.29) is 0 Å². The summed E-state index contributed by atoms with van der Waals surface area (Å²) in [7, 11) is 0. The van der Waals surface area contributed by atoms with Crippen LogP contribution in [0.15, 0.2) is 16.6 Å². The SMILES string of the molecule is CC(C)N(CCNCc1cc2c(cc1Br)OCO2)C(C)C. The van der Waals surface area contributed by atoms with Gasteiger partial charge in [0.2, 0.25) is 6.79 Å². The van der Waals surface area contributed by atoms with Gasteiger partial charge in [-0.15, -0.1) is 0 Å². The molecule has 0 unspecified atom stereocenters. The van der Waals surface area contributed by atoms with E-state index >= 15 is 0 Å². The topological polar surface area (TPSA) is 33.7 Å². The average molecular weight is 357 g/mol. The molecule has 0 spiro atoms. The zero-order valence-corrected chi connectivity index (χ0v) is 14.9. The second-order valence-corrected chi connectivity index (χ2v) is 6.75. The first-order valence-corrected chi connectivity index (χ1v) is 8.32. The van der Waals surface area contributed by atoms with Gasteiger partial charge in [0.25, 0.3) is 0 Å². The van der Waals surface area contributed by atoms with E-state index in [9.17, 15) is 0 Å². The Morgan fingerprint density at radius 2 is 1.76 bits per heavy atom. The van der Waals surface area contributed by atoms with Crippen LogP contribution in [0.1, 0.15) is 33.3 Å². The fourth-order valence-corrected chi connectivity index (χ4v) is 3.10. The molecule has 21 heavy (non-hydrogen) atoms. The van der Waals surface area contributed by atoms with Crippen molar-refractivity contribution in [3.05, 3.63) is 22.2 Å². The molecular formula is C16H25BrN2O2. The molecule has 5 heteroatoms. The number of nitrogens with one attached hydrogen (secondary N) is 1. The van der Waals surface area contributed by atoms with Crippen molar-refractivity contribution < 1.29 is 9.47 Å². The van der Waals surface area contributed by atoms with E-state index in [4.69, 9.17) is 9.47 Å². The van der Waals surface area contributed by atoms with E-state index < -0.39 is 0 Å². The van der Waals surface area contributed by atoms with Crippen molar-refractivity contribution in [2.45, 2.75) is 46.3 Å². The fourth-order valence-electron chi connectivity index (χ4n) is 2.64. The minimum atomic E-state index is 0.316. The fraction of sp³-hybridized carbons (Fsp3) is 0.625. The number of ether oxygens (including phenoxy) is 2. The summed E-state index contributed by atoms with van der Waals surface area (Å²) in [5.74, 6) is 1.65. The molecule has 0 aromatic heterocycles. The van der Waals surface area contributed by atoms with Crippen LogP contribution in [0.5, 0.6) is 11.5 Å². The Kier molecular flexibility index (Phi) is 5.90. The third-order valence-corrected chi connectivity index (χ3v) is 4.47. The Bertz CT molecular complexity index is 470. The number of rotatable bonds is 7. The molecule has 1 aromatic rings. The Hall–Kier alpha value is -0.780. The highest BCUT2D eigenvalue weighted by atomic mass is 79.9. The minimum Gasteiger partial charge on any atom is -0.454 e. The average Bonchev–Trinajstić information content (AvgIpc) is 2.84. The van der Waals surface area contributed by atoms with Crippen molar-refractivity contribution >= 4 is 15.9 Å². The van der Waals surface area contributed by atoms with Gasteiger partial charge in [-0.1, -0.05) is 15.9 Å². The van der Waals surface area contributed by atoms with Crippen molar-refractivity contribution in [2.24, 2.45) is 0 Å². The summed E-state index contributed by atoms with van der Waals surface area (Å²) in [5, 5.41) is 3.51. The Balaban J connectivity index is 1.84. The van der Waals surface area contributed by atoms with Crippen LogP contribution in [-0.4, -0.2) is 36.9 Å². The molecule has 0 saturated carbocycles. The van der Waals surface area contributed by atoms with E-state index in [2.05, 4.69) is 53.8 Å². The first kappa shape index (κ1) is 16.6. The van der Waals surface area contributed by atoms with Crippen LogP contribution in [0.4, 0.5) is 0 Å². The number of benzene rings is 1. The zero-order valence-electron chi connectivity index (χ0n) is 13.3. The van der Waals surface area contributed by atoms with Crippen LogP contribution < -0.4 is 14.8 Å². The summed E-state index contributed by atoms with van der Waals surface area (Å²) < 4.78 is 11.8. The normalized spacial score (nSPS) is 13.7. The molecule has 1 aliphatic rings. The van der Waals surface area contributed by atoms with Crippen LogP contribution in [0, 0.1) is 0 Å². The smallest absolute Gasteiger partial charge is 0.231 e. The molecular weight excluding hydrogens is 332 g/mol. The second kappa shape index (κ2) is 7.47. The quantitative estimate of drug-likeness (QED) is 0.759. The first-order chi connectivity index (χ1) is 9.99. The standard InChI is InChI=1S/C16H25BrN2O2/c1-11(2)19(12(3)4)6-5-18-9-13-7-15-16(8-14(13)17)21-10-20-15/h7-8,11-12,18H,5-6,9-10H2,1-4H3. The summed E-state index contributed by atoms with van der Waals surface area (Å²) >= 11 is 3.59. The van der Waals surface area contributed by atoms with Crippen molar-refractivity contribution in [1.82, 2.24) is 10.2 Å². The third kappa shape index (κ3) is 4.34. The van der Waals surface area contributed by atoms with Gasteiger partial charge in [-0.05, 0) is 45.4 Å². The van der Waals surface area contributed by atoms with Crippen LogP contribution in [0.3, 0.4) is 0 Å². The predicted octanol–water partition coefficient (Wildman–Crippen LogP) is 3.39. The lowest BCUT2D eigenvalue weighted by Gasteiger charge is -2.30. The largest absolute Gasteiger partial charge is 0.454 e. The van der Waals surface area contributed by atoms with Crippen molar-refractivity contribution in [1.29, 1.82) is 0 Å². The molecule has 0 aliphatic carbocycles. The van der Waals surface area contributed by atoms with E-state index in [0.717, 1.165) is 35.6 Å². The van der Waals surface area contributed by atoms with Crippen LogP contribution >= 0.6 is 15.9 Å². The number of hydrogen-bond donors (Lipinski definition) is 1. The van der Waals surface area contributed by atoms with Gasteiger partial charge in [-0.3, -0.25) is 4.90 Å². The Morgan fingerprint density at radius 3 is 2.38 bits per heavy atom. The van der Waals surface area contributed by atoms with Gasteiger partial charge in [0.15, 0.2) is 11.5 Å². The molecule has 0 amide bonds. The van der Waals surface area contributed by atoms with Gasteiger partial charge in [0.1, 0.15) is 0 Å². The number of halogens is 1. The van der Waals surface area contributed by atoms with Gasteiger partial charge in [0.05, 0.1) is 0 Å². The lowest BCUT2D eigenvalue weighted by Crippen LogP contribution is -2.41. The maximum atomic E-state index is 5.42. The van der Waals surface area contributed by atoms with Crippen LogP contribution in [-0.2, 0) is 6.54 Å². The predicted molar refractivity (Wildman–Crippen MR) is 88.9 cm³/mol. The molecule has 4 nitrogen and oxygen atoms in total. The van der Waals surface area contributed by atoms with Crippen molar-refractivity contribution in [3.63, 3.8) is 0 Å². The van der Waals surface area contributed by atoms with Gasteiger partial charge in [-0.25, -0.2) is 0 Å². The lowest BCUT2D eigenvalue weighted by molar-refractivity contribution is 0.174. The molecule has 118 valence electrons. The maximum Gasteiger partial charge on any atom is 0.231 e. The van der Waals surface area contributed by atoms with Gasteiger partial charge in [0, 0.05) is 36.2 Å². The second-order valence-electron chi connectivity index (χ2n) is 5.90. The Labute approximate surface area is 135 Å². The third-order valence-electron chi connectivity index (χ3n) is 3.73. The molecule has 1 aromatic carbocycles. The summed E-state index contributed by atoms with van der Waals surface area (Å²) in [5.41, 5.74) is 1.19. The zero-order chi connectivity index (χ0) is 15.4. The highest BCUT2D eigenvalue weighted by Crippen LogP contribution is 2.36. The van der Waals surface area contributed by atoms with Crippen LogP contribution in [0.2, 0.25) is 0 Å². The van der Waals surface area contributed by atoms with E-state index in [1.165, 1.54) is 5.56 Å². The first-order valence-electron chi connectivity index (χ1n) is 7.53. The number of hydrogen-bond acceptors (Lipinski definition) is 4. The molecule has 2 rings (SSSR count).